The minimum Gasteiger partial charge on any atom is -0.459 e. The Morgan fingerprint density at radius 1 is 1.30 bits per heavy atom. The van der Waals surface area contributed by atoms with Crippen molar-refractivity contribution in [3.05, 3.63) is 47.5 Å². The van der Waals surface area contributed by atoms with Gasteiger partial charge in [0.2, 0.25) is 15.9 Å². The highest BCUT2D eigenvalue weighted by Gasteiger charge is 2.30. The van der Waals surface area contributed by atoms with Crippen molar-refractivity contribution in [2.24, 2.45) is 0 Å². The second kappa shape index (κ2) is 7.16. The van der Waals surface area contributed by atoms with E-state index in [4.69, 9.17) is 8.94 Å². The summed E-state index contributed by atoms with van der Waals surface area (Å²) in [6.45, 7) is 4.50. The van der Waals surface area contributed by atoms with Gasteiger partial charge in [0.25, 0.3) is 0 Å². The van der Waals surface area contributed by atoms with E-state index in [2.05, 4.69) is 10.5 Å². The molecule has 8 nitrogen and oxygen atoms in total. The summed E-state index contributed by atoms with van der Waals surface area (Å²) >= 11 is 0. The van der Waals surface area contributed by atoms with E-state index in [1.54, 1.807) is 13.8 Å². The number of aryl methyl sites for hydroxylation is 2. The van der Waals surface area contributed by atoms with Crippen molar-refractivity contribution in [3.63, 3.8) is 0 Å². The molecule has 3 aromatic rings. The Bertz CT molecular complexity index is 1030. The maximum Gasteiger partial charge on any atom is 0.248 e. The third-order valence-electron chi connectivity index (χ3n) is 4.25. The zero-order chi connectivity index (χ0) is 19.8. The molecule has 0 fully saturated rings. The Kier molecular flexibility index (Phi) is 5.07. The van der Waals surface area contributed by atoms with E-state index < -0.39 is 22.0 Å². The molecule has 27 heavy (non-hydrogen) atoms. The molecule has 1 aromatic carbocycles. The molecule has 9 heteroatoms. The van der Waals surface area contributed by atoms with Gasteiger partial charge in [0.05, 0.1) is 12.6 Å². The van der Waals surface area contributed by atoms with Crippen molar-refractivity contribution in [1.82, 2.24) is 14.8 Å². The molecule has 2 aromatic heterocycles. The Hall–Kier alpha value is -2.65. The van der Waals surface area contributed by atoms with Gasteiger partial charge < -0.3 is 14.3 Å². The molecule has 0 unspecified atom stereocenters. The van der Waals surface area contributed by atoms with Gasteiger partial charge in [0.1, 0.15) is 21.9 Å². The molecular formula is C18H21N3O5S. The van der Waals surface area contributed by atoms with Gasteiger partial charge in [-0.25, -0.2) is 8.42 Å². The molecule has 0 spiro atoms. The van der Waals surface area contributed by atoms with Crippen LogP contribution in [0.5, 0.6) is 0 Å². The smallest absolute Gasteiger partial charge is 0.248 e. The van der Waals surface area contributed by atoms with Gasteiger partial charge in [-0.15, -0.1) is 0 Å². The number of furan rings is 1. The topological polar surface area (TPSA) is 106 Å². The van der Waals surface area contributed by atoms with Gasteiger partial charge in [-0.05, 0) is 32.9 Å². The first kappa shape index (κ1) is 19.1. The quantitative estimate of drug-likeness (QED) is 0.692. The van der Waals surface area contributed by atoms with E-state index in [1.807, 2.05) is 30.3 Å². The fourth-order valence-corrected chi connectivity index (χ4v) is 4.27. The normalized spacial score (nSPS) is 13.2. The van der Waals surface area contributed by atoms with E-state index in [-0.39, 0.29) is 22.9 Å². The van der Waals surface area contributed by atoms with Gasteiger partial charge in [0, 0.05) is 12.4 Å². The predicted octanol–water partition coefficient (Wildman–Crippen LogP) is 2.54. The van der Waals surface area contributed by atoms with Crippen molar-refractivity contribution in [2.75, 3.05) is 13.6 Å². The highest BCUT2D eigenvalue weighted by molar-refractivity contribution is 7.89. The average molecular weight is 391 g/mol. The van der Waals surface area contributed by atoms with E-state index in [1.165, 1.54) is 14.0 Å². The number of nitrogens with one attached hydrogen (secondary N) is 1. The van der Waals surface area contributed by atoms with Crippen LogP contribution in [0.2, 0.25) is 0 Å². The number of hydrogen-bond donors (Lipinski definition) is 1. The number of carbonyl (C=O) groups excluding carboxylic acids is 1. The molecule has 1 amide bonds. The van der Waals surface area contributed by atoms with Crippen molar-refractivity contribution in [3.8, 4) is 0 Å². The molecule has 0 saturated heterocycles. The lowest BCUT2D eigenvalue weighted by molar-refractivity contribution is -0.121. The molecule has 0 saturated carbocycles. The second-order valence-corrected chi connectivity index (χ2v) is 8.37. The van der Waals surface area contributed by atoms with Crippen LogP contribution in [0.1, 0.15) is 30.2 Å². The van der Waals surface area contributed by atoms with Gasteiger partial charge in [0.15, 0.2) is 5.76 Å². The summed E-state index contributed by atoms with van der Waals surface area (Å²) in [6.07, 6.45) is 0. The van der Waals surface area contributed by atoms with Crippen LogP contribution in [0, 0.1) is 13.8 Å². The molecule has 0 radical (unpaired) electrons. The van der Waals surface area contributed by atoms with Crippen LogP contribution in [-0.4, -0.2) is 37.4 Å². The minimum atomic E-state index is -3.88. The van der Waals surface area contributed by atoms with Crippen LogP contribution in [0.4, 0.5) is 0 Å². The highest BCUT2D eigenvalue weighted by Crippen LogP contribution is 2.24. The van der Waals surface area contributed by atoms with Crippen LogP contribution in [0.25, 0.3) is 11.0 Å². The summed E-state index contributed by atoms with van der Waals surface area (Å²) in [7, 11) is -2.54. The molecule has 0 aliphatic carbocycles. The molecule has 2 heterocycles. The standard InChI is InChI=1S/C18H21N3O5S/c1-11(16-9-14-7-5-6-8-15(14)25-16)19-17(22)10-21(4)27(23,24)18-12(2)20-26-13(18)3/h5-9,11H,10H2,1-4H3,(H,19,22)/t11-/m1/s1. The maximum atomic E-state index is 12.7. The van der Waals surface area contributed by atoms with E-state index in [9.17, 15) is 13.2 Å². The van der Waals surface area contributed by atoms with Gasteiger partial charge in [-0.2, -0.15) is 4.31 Å². The lowest BCUT2D eigenvalue weighted by Gasteiger charge is -2.18. The number of para-hydroxylation sites is 1. The summed E-state index contributed by atoms with van der Waals surface area (Å²) in [5, 5.41) is 7.35. The summed E-state index contributed by atoms with van der Waals surface area (Å²) in [6, 6.07) is 8.98. The van der Waals surface area contributed by atoms with Gasteiger partial charge >= 0.3 is 0 Å². The highest BCUT2D eigenvalue weighted by atomic mass is 32.2. The molecule has 144 valence electrons. The Labute approximate surface area is 157 Å². The van der Waals surface area contributed by atoms with Crippen LogP contribution in [0.3, 0.4) is 0 Å². The van der Waals surface area contributed by atoms with Crippen molar-refractivity contribution in [1.29, 1.82) is 0 Å². The number of sulfonamides is 1. The van der Waals surface area contributed by atoms with E-state index in [0.717, 1.165) is 15.3 Å². The molecule has 0 aliphatic heterocycles. The zero-order valence-corrected chi connectivity index (χ0v) is 16.3. The molecular weight excluding hydrogens is 370 g/mol. The Morgan fingerprint density at radius 3 is 2.63 bits per heavy atom. The number of carbonyl (C=O) groups is 1. The van der Waals surface area contributed by atoms with Crippen LogP contribution >= 0.6 is 0 Å². The summed E-state index contributed by atoms with van der Waals surface area (Å²) < 4.78 is 37.0. The minimum absolute atomic E-state index is 0.0110. The number of aromatic nitrogens is 1. The fraction of sp³-hybridized carbons (Fsp3) is 0.333. The van der Waals surface area contributed by atoms with Gasteiger partial charge in [-0.3, -0.25) is 4.79 Å². The second-order valence-electron chi connectivity index (χ2n) is 6.39. The van der Waals surface area contributed by atoms with E-state index in [0.29, 0.717) is 5.76 Å². The van der Waals surface area contributed by atoms with Crippen molar-refractivity contribution >= 4 is 26.9 Å². The fourth-order valence-electron chi connectivity index (χ4n) is 2.86. The summed E-state index contributed by atoms with van der Waals surface area (Å²) in [4.78, 5) is 12.3. The Morgan fingerprint density at radius 2 is 2.00 bits per heavy atom. The first-order valence-corrected chi connectivity index (χ1v) is 9.81. The summed E-state index contributed by atoms with van der Waals surface area (Å²) in [5.41, 5.74) is 0.988. The first-order valence-electron chi connectivity index (χ1n) is 8.37. The number of benzene rings is 1. The number of hydrogen-bond acceptors (Lipinski definition) is 6. The van der Waals surface area contributed by atoms with E-state index >= 15 is 0 Å². The lowest BCUT2D eigenvalue weighted by Crippen LogP contribution is -2.39. The third kappa shape index (κ3) is 3.74. The zero-order valence-electron chi connectivity index (χ0n) is 15.5. The number of likely N-dealkylation sites (N-methyl/N-ethyl adjacent to an activating group) is 1. The van der Waals surface area contributed by atoms with Crippen molar-refractivity contribution in [2.45, 2.75) is 31.7 Å². The van der Waals surface area contributed by atoms with Crippen LogP contribution < -0.4 is 5.32 Å². The molecule has 1 atom stereocenters. The molecule has 0 bridgehead atoms. The Balaban J connectivity index is 1.69. The number of fused-ring (bicyclic) bond motifs is 1. The third-order valence-corrected chi connectivity index (χ3v) is 6.30. The molecule has 1 N–H and O–H groups in total. The van der Waals surface area contributed by atoms with Gasteiger partial charge in [-0.1, -0.05) is 23.4 Å². The molecule has 3 rings (SSSR count). The monoisotopic (exact) mass is 391 g/mol. The summed E-state index contributed by atoms with van der Waals surface area (Å²) in [5.74, 6) is 0.344. The van der Waals surface area contributed by atoms with Crippen LogP contribution in [0.15, 0.2) is 44.2 Å². The maximum absolute atomic E-state index is 12.7. The van der Waals surface area contributed by atoms with Crippen LogP contribution in [-0.2, 0) is 14.8 Å². The predicted molar refractivity (Wildman–Crippen MR) is 98.6 cm³/mol. The van der Waals surface area contributed by atoms with Crippen molar-refractivity contribution < 1.29 is 22.2 Å². The number of amides is 1. The molecule has 0 aliphatic rings. The SMILES string of the molecule is Cc1noc(C)c1S(=O)(=O)N(C)CC(=O)N[C@H](C)c1cc2ccccc2o1. The lowest BCUT2D eigenvalue weighted by atomic mass is 10.2. The number of nitrogens with zero attached hydrogens (tertiary/aromatic N) is 2. The number of rotatable bonds is 6. The largest absolute Gasteiger partial charge is 0.459 e. The average Bonchev–Trinajstić information content (AvgIpc) is 3.18. The first-order chi connectivity index (χ1) is 12.7.